The molecular weight excluding hydrogens is 640 g/mol. The molecule has 0 unspecified atom stereocenters. The molecule has 7 rings (SSSR count). The number of aliphatic hydroxyl groups excluding tert-OH is 2. The van der Waals surface area contributed by atoms with E-state index >= 15 is 0 Å². The molecule has 2 N–H and O–H groups in total. The Morgan fingerprint density at radius 3 is 1.54 bits per heavy atom. The van der Waals surface area contributed by atoms with Crippen LogP contribution in [0.4, 0.5) is 0 Å². The van der Waals surface area contributed by atoms with E-state index in [1.165, 1.54) is 0 Å². The molecule has 3 aliphatic rings. The van der Waals surface area contributed by atoms with Crippen molar-refractivity contribution in [3.63, 3.8) is 0 Å². The van der Waals surface area contributed by atoms with E-state index < -0.39 is 61.4 Å². The van der Waals surface area contributed by atoms with Gasteiger partial charge in [-0.15, -0.1) is 0 Å². The summed E-state index contributed by atoms with van der Waals surface area (Å²) in [6, 6.07) is 39.0. The summed E-state index contributed by atoms with van der Waals surface area (Å²) in [7, 11) is 0. The van der Waals surface area contributed by atoms with Crippen LogP contribution in [0.2, 0.25) is 0 Å². The van der Waals surface area contributed by atoms with Gasteiger partial charge in [-0.2, -0.15) is 0 Å². The van der Waals surface area contributed by atoms with Crippen LogP contribution in [0.3, 0.4) is 0 Å². The zero-order valence-corrected chi connectivity index (χ0v) is 27.7. The van der Waals surface area contributed by atoms with E-state index in [4.69, 9.17) is 37.9 Å². The van der Waals surface area contributed by atoms with Crippen molar-refractivity contribution < 1.29 is 48.1 Å². The van der Waals surface area contributed by atoms with E-state index in [1.54, 1.807) is 0 Å². The highest BCUT2D eigenvalue weighted by Crippen LogP contribution is 2.36. The van der Waals surface area contributed by atoms with Gasteiger partial charge in [-0.1, -0.05) is 121 Å². The second-order valence-corrected chi connectivity index (χ2v) is 12.8. The molecule has 3 heterocycles. The normalized spacial score (nSPS) is 30.7. The summed E-state index contributed by atoms with van der Waals surface area (Å²) < 4.78 is 50.4. The van der Waals surface area contributed by atoms with Gasteiger partial charge in [0.2, 0.25) is 0 Å². The summed E-state index contributed by atoms with van der Waals surface area (Å²) in [4.78, 5) is 0. The Kier molecular flexibility index (Phi) is 12.0. The Morgan fingerprint density at radius 2 is 1.00 bits per heavy atom. The van der Waals surface area contributed by atoms with E-state index in [1.807, 2.05) is 121 Å². The molecule has 0 spiro atoms. The van der Waals surface area contributed by atoms with E-state index in [-0.39, 0.29) is 33.0 Å². The first-order valence-corrected chi connectivity index (χ1v) is 17.1. The topological polar surface area (TPSA) is 114 Å². The number of aliphatic hydroxyl groups is 2. The largest absolute Gasteiger partial charge is 0.387 e. The second kappa shape index (κ2) is 17.1. The van der Waals surface area contributed by atoms with Gasteiger partial charge in [0.25, 0.3) is 0 Å². The number of ether oxygens (including phenoxy) is 8. The standard InChI is InChI=1S/C40H44O10/c41-33-31-26-47-39(48-31)38(46-24-30-19-11-4-12-20-30)36(33)50-40-37(45-23-29-17-9-3-10-18-29)34(42)35(44-22-28-15-7-2-8-16-28)32(49-40)25-43-21-27-13-5-1-6-14-27/h1-20,31-42H,21-26H2/t31-,32-,33+,34+,35+,36+,37-,38-,39-,40+/m1/s1. The van der Waals surface area contributed by atoms with E-state index in [9.17, 15) is 10.2 Å². The van der Waals surface area contributed by atoms with Crippen LogP contribution in [-0.4, -0.2) is 84.8 Å². The van der Waals surface area contributed by atoms with Crippen LogP contribution in [0.5, 0.6) is 0 Å². The molecule has 0 radical (unpaired) electrons. The summed E-state index contributed by atoms with van der Waals surface area (Å²) in [6.07, 6.45) is -9.03. The third kappa shape index (κ3) is 8.67. The molecule has 3 saturated heterocycles. The van der Waals surface area contributed by atoms with Crippen LogP contribution in [0.1, 0.15) is 22.3 Å². The molecule has 264 valence electrons. The molecule has 50 heavy (non-hydrogen) atoms. The number of rotatable bonds is 15. The summed E-state index contributed by atoms with van der Waals surface area (Å²) in [5.74, 6) is 0. The van der Waals surface area contributed by atoms with Crippen LogP contribution in [-0.2, 0) is 64.3 Å². The molecule has 2 bridgehead atoms. The van der Waals surface area contributed by atoms with Crippen LogP contribution in [0, 0.1) is 0 Å². The highest BCUT2D eigenvalue weighted by molar-refractivity contribution is 5.16. The lowest BCUT2D eigenvalue weighted by Gasteiger charge is -2.47. The third-order valence-electron chi connectivity index (χ3n) is 9.20. The molecule has 4 aromatic carbocycles. The predicted molar refractivity (Wildman–Crippen MR) is 181 cm³/mol. The Bertz CT molecular complexity index is 1560. The van der Waals surface area contributed by atoms with Gasteiger partial charge in [0, 0.05) is 0 Å². The lowest BCUT2D eigenvalue weighted by Crippen LogP contribution is -2.64. The van der Waals surface area contributed by atoms with E-state index in [0.717, 1.165) is 22.3 Å². The van der Waals surface area contributed by atoms with Crippen molar-refractivity contribution in [3.05, 3.63) is 144 Å². The van der Waals surface area contributed by atoms with Gasteiger partial charge in [-0.25, -0.2) is 0 Å². The Balaban J connectivity index is 1.14. The smallest absolute Gasteiger partial charge is 0.187 e. The van der Waals surface area contributed by atoms with Gasteiger partial charge in [-0.05, 0) is 22.3 Å². The molecule has 0 aromatic heterocycles. The molecule has 0 aliphatic carbocycles. The second-order valence-electron chi connectivity index (χ2n) is 12.8. The van der Waals surface area contributed by atoms with Crippen molar-refractivity contribution in [2.45, 2.75) is 87.8 Å². The number of hydrogen-bond acceptors (Lipinski definition) is 10. The minimum atomic E-state index is -1.18. The van der Waals surface area contributed by atoms with Crippen LogP contribution < -0.4 is 0 Å². The highest BCUT2D eigenvalue weighted by Gasteiger charge is 2.55. The molecular formula is C40H44O10. The van der Waals surface area contributed by atoms with Crippen molar-refractivity contribution >= 4 is 0 Å². The molecule has 10 nitrogen and oxygen atoms in total. The van der Waals surface area contributed by atoms with Gasteiger partial charge in [-0.3, -0.25) is 0 Å². The van der Waals surface area contributed by atoms with E-state index in [0.29, 0.717) is 6.61 Å². The van der Waals surface area contributed by atoms with Gasteiger partial charge in [0.05, 0.1) is 39.6 Å². The highest BCUT2D eigenvalue weighted by atomic mass is 16.8. The molecule has 3 fully saturated rings. The Hall–Kier alpha value is -3.52. The molecule has 3 aliphatic heterocycles. The SMILES string of the molecule is O[C@@H]1[C@H](O[C@@H]2O[C@H](COCc3ccccc3)[C@H](OCc3ccccc3)[C@H](O)[C@H]2OCc2ccccc2)[C@@H](OCc2ccccc2)[C@@H]2OC[C@H]1O2. The lowest BCUT2D eigenvalue weighted by atomic mass is 9.97. The monoisotopic (exact) mass is 684 g/mol. The van der Waals surface area contributed by atoms with Crippen LogP contribution >= 0.6 is 0 Å². The van der Waals surface area contributed by atoms with Crippen molar-refractivity contribution in [2.24, 2.45) is 0 Å². The fraction of sp³-hybridized carbons (Fsp3) is 0.400. The maximum atomic E-state index is 12.1. The molecule has 10 atom stereocenters. The maximum absolute atomic E-state index is 12.1. The third-order valence-corrected chi connectivity index (χ3v) is 9.20. The quantitative estimate of drug-likeness (QED) is 0.185. The summed E-state index contributed by atoms with van der Waals surface area (Å²) in [5.41, 5.74) is 3.81. The van der Waals surface area contributed by atoms with Crippen LogP contribution in [0.25, 0.3) is 0 Å². The summed E-state index contributed by atoms with van der Waals surface area (Å²) >= 11 is 0. The summed E-state index contributed by atoms with van der Waals surface area (Å²) in [5, 5.41) is 23.6. The first-order valence-electron chi connectivity index (χ1n) is 17.1. The Morgan fingerprint density at radius 1 is 0.520 bits per heavy atom. The fourth-order valence-electron chi connectivity index (χ4n) is 6.53. The first-order chi connectivity index (χ1) is 24.6. The number of benzene rings is 4. The minimum absolute atomic E-state index is 0.106. The minimum Gasteiger partial charge on any atom is -0.387 e. The van der Waals surface area contributed by atoms with Gasteiger partial charge < -0.3 is 48.1 Å². The molecule has 0 saturated carbocycles. The van der Waals surface area contributed by atoms with Crippen molar-refractivity contribution in [3.8, 4) is 0 Å². The average molecular weight is 685 g/mol. The van der Waals surface area contributed by atoms with Crippen molar-refractivity contribution in [1.29, 1.82) is 0 Å². The molecule has 10 heteroatoms. The average Bonchev–Trinajstić information content (AvgIpc) is 3.61. The number of fused-ring (bicyclic) bond motifs is 2. The first kappa shape index (κ1) is 34.9. The van der Waals surface area contributed by atoms with Crippen molar-refractivity contribution in [1.82, 2.24) is 0 Å². The van der Waals surface area contributed by atoms with Gasteiger partial charge in [0.15, 0.2) is 12.6 Å². The zero-order valence-electron chi connectivity index (χ0n) is 27.7. The van der Waals surface area contributed by atoms with E-state index in [2.05, 4.69) is 0 Å². The fourth-order valence-corrected chi connectivity index (χ4v) is 6.53. The van der Waals surface area contributed by atoms with Gasteiger partial charge >= 0.3 is 0 Å². The lowest BCUT2D eigenvalue weighted by molar-refractivity contribution is -0.356. The van der Waals surface area contributed by atoms with Gasteiger partial charge in [0.1, 0.15) is 48.8 Å². The van der Waals surface area contributed by atoms with Crippen LogP contribution in [0.15, 0.2) is 121 Å². The maximum Gasteiger partial charge on any atom is 0.187 e. The summed E-state index contributed by atoms with van der Waals surface area (Å²) in [6.45, 7) is 1.33. The predicted octanol–water partition coefficient (Wildman–Crippen LogP) is 4.55. The molecule has 4 aromatic rings. The zero-order chi connectivity index (χ0) is 34.1. The number of hydrogen-bond donors (Lipinski definition) is 2. The Labute approximate surface area is 292 Å². The van der Waals surface area contributed by atoms with Crippen molar-refractivity contribution in [2.75, 3.05) is 13.2 Å². The molecule has 0 amide bonds.